The number of carbonyl (C=O) groups is 1. The fraction of sp³-hybridized carbons (Fsp3) is 0.500. The number of anilines is 2. The first kappa shape index (κ1) is 11.6. The number of hydrogen-bond acceptors (Lipinski definition) is 5. The standard InChI is InChI=1S/C10H14FN5O/c1-2-7-9(17)13-3-4-16(7)8-6(11)5-14-10(12)15-8/h5,7H,2-4H2,1H3,(H,13,17)(H2,12,14,15). The molecule has 0 bridgehead atoms. The van der Waals surface area contributed by atoms with Crippen LogP contribution in [0, 0.1) is 5.82 Å². The summed E-state index contributed by atoms with van der Waals surface area (Å²) in [5.41, 5.74) is 5.44. The van der Waals surface area contributed by atoms with E-state index in [1.165, 1.54) is 0 Å². The number of rotatable bonds is 2. The molecule has 6 nitrogen and oxygen atoms in total. The van der Waals surface area contributed by atoms with Gasteiger partial charge in [-0.1, -0.05) is 6.92 Å². The molecule has 7 heteroatoms. The topological polar surface area (TPSA) is 84.1 Å². The van der Waals surface area contributed by atoms with Gasteiger partial charge in [-0.05, 0) is 6.42 Å². The highest BCUT2D eigenvalue weighted by atomic mass is 19.1. The molecule has 1 atom stereocenters. The molecule has 2 heterocycles. The molecule has 0 aliphatic carbocycles. The van der Waals surface area contributed by atoms with E-state index < -0.39 is 11.9 Å². The molecule has 0 aromatic carbocycles. The number of halogens is 1. The van der Waals surface area contributed by atoms with Gasteiger partial charge in [0.2, 0.25) is 11.9 Å². The zero-order valence-corrected chi connectivity index (χ0v) is 9.48. The Morgan fingerprint density at radius 2 is 2.47 bits per heavy atom. The van der Waals surface area contributed by atoms with Crippen LogP contribution in [0.1, 0.15) is 13.3 Å². The van der Waals surface area contributed by atoms with Crippen LogP contribution in [0.4, 0.5) is 16.2 Å². The summed E-state index contributed by atoms with van der Waals surface area (Å²) in [5.74, 6) is -0.580. The van der Waals surface area contributed by atoms with Crippen molar-refractivity contribution in [3.8, 4) is 0 Å². The van der Waals surface area contributed by atoms with Crippen LogP contribution in [-0.4, -0.2) is 35.0 Å². The summed E-state index contributed by atoms with van der Waals surface area (Å²) in [6.45, 7) is 2.85. The van der Waals surface area contributed by atoms with E-state index in [4.69, 9.17) is 5.73 Å². The maximum absolute atomic E-state index is 13.6. The molecule has 1 aromatic rings. The second-order valence-corrected chi connectivity index (χ2v) is 3.81. The fourth-order valence-corrected chi connectivity index (χ4v) is 1.95. The lowest BCUT2D eigenvalue weighted by Crippen LogP contribution is -2.55. The third-order valence-electron chi connectivity index (χ3n) is 2.73. The van der Waals surface area contributed by atoms with Crippen LogP contribution in [0.25, 0.3) is 0 Å². The van der Waals surface area contributed by atoms with Crippen molar-refractivity contribution in [2.45, 2.75) is 19.4 Å². The number of carbonyl (C=O) groups excluding carboxylic acids is 1. The predicted molar refractivity (Wildman–Crippen MR) is 60.8 cm³/mol. The van der Waals surface area contributed by atoms with Gasteiger partial charge in [-0.2, -0.15) is 4.98 Å². The summed E-state index contributed by atoms with van der Waals surface area (Å²) in [6, 6.07) is -0.410. The largest absolute Gasteiger partial charge is 0.368 e. The van der Waals surface area contributed by atoms with Gasteiger partial charge < -0.3 is 16.0 Å². The van der Waals surface area contributed by atoms with E-state index in [9.17, 15) is 9.18 Å². The predicted octanol–water partition coefficient (Wildman–Crippen LogP) is -0.0873. The van der Waals surface area contributed by atoms with Gasteiger partial charge in [0.1, 0.15) is 6.04 Å². The quantitative estimate of drug-likeness (QED) is 0.753. The van der Waals surface area contributed by atoms with E-state index in [-0.39, 0.29) is 17.7 Å². The summed E-state index contributed by atoms with van der Waals surface area (Å²) >= 11 is 0. The van der Waals surface area contributed by atoms with Crippen LogP contribution in [0.3, 0.4) is 0 Å². The van der Waals surface area contributed by atoms with Gasteiger partial charge in [-0.3, -0.25) is 4.79 Å². The maximum Gasteiger partial charge on any atom is 0.242 e. The minimum absolute atomic E-state index is 0.00207. The average Bonchev–Trinajstić information content (AvgIpc) is 2.32. The Balaban J connectivity index is 2.36. The average molecular weight is 239 g/mol. The molecular formula is C10H14FN5O. The van der Waals surface area contributed by atoms with Crippen molar-refractivity contribution >= 4 is 17.7 Å². The van der Waals surface area contributed by atoms with Crippen LogP contribution in [-0.2, 0) is 4.79 Å². The lowest BCUT2D eigenvalue weighted by molar-refractivity contribution is -0.123. The maximum atomic E-state index is 13.6. The summed E-state index contributed by atoms with van der Waals surface area (Å²) in [6.07, 6.45) is 1.60. The van der Waals surface area contributed by atoms with Gasteiger partial charge in [-0.15, -0.1) is 0 Å². The van der Waals surface area contributed by atoms with Crippen LogP contribution < -0.4 is 16.0 Å². The van der Waals surface area contributed by atoms with Gasteiger partial charge >= 0.3 is 0 Å². The second kappa shape index (κ2) is 4.52. The fourth-order valence-electron chi connectivity index (χ4n) is 1.95. The molecule has 1 aliphatic heterocycles. The zero-order chi connectivity index (χ0) is 12.4. The Morgan fingerprint density at radius 1 is 1.71 bits per heavy atom. The van der Waals surface area contributed by atoms with E-state index in [0.29, 0.717) is 19.5 Å². The summed E-state index contributed by atoms with van der Waals surface area (Å²) in [7, 11) is 0. The molecule has 2 rings (SSSR count). The Kier molecular flexibility index (Phi) is 3.08. The number of nitrogens with one attached hydrogen (secondary N) is 1. The Hall–Kier alpha value is -1.92. The molecule has 0 radical (unpaired) electrons. The van der Waals surface area contributed by atoms with Crippen LogP contribution in [0.15, 0.2) is 6.20 Å². The lowest BCUT2D eigenvalue weighted by atomic mass is 10.1. The minimum Gasteiger partial charge on any atom is -0.368 e. The van der Waals surface area contributed by atoms with Crippen molar-refractivity contribution in [1.82, 2.24) is 15.3 Å². The van der Waals surface area contributed by atoms with Gasteiger partial charge in [0.25, 0.3) is 0 Å². The molecule has 1 saturated heterocycles. The second-order valence-electron chi connectivity index (χ2n) is 3.81. The molecule has 1 fully saturated rings. The normalized spacial score (nSPS) is 20.2. The van der Waals surface area contributed by atoms with Crippen LogP contribution in [0.2, 0.25) is 0 Å². The first-order valence-corrected chi connectivity index (χ1v) is 5.46. The van der Waals surface area contributed by atoms with Gasteiger partial charge in [0.05, 0.1) is 6.20 Å². The molecule has 17 heavy (non-hydrogen) atoms. The van der Waals surface area contributed by atoms with E-state index >= 15 is 0 Å². The molecule has 0 spiro atoms. The summed E-state index contributed by atoms with van der Waals surface area (Å²) in [4.78, 5) is 20.7. The first-order valence-electron chi connectivity index (χ1n) is 5.46. The van der Waals surface area contributed by atoms with Gasteiger partial charge in [-0.25, -0.2) is 9.37 Å². The van der Waals surface area contributed by atoms with Crippen molar-refractivity contribution in [3.63, 3.8) is 0 Å². The van der Waals surface area contributed by atoms with Gasteiger partial charge in [0, 0.05) is 13.1 Å². The minimum atomic E-state index is -0.563. The molecule has 92 valence electrons. The number of nitrogen functional groups attached to an aromatic ring is 1. The number of amides is 1. The zero-order valence-electron chi connectivity index (χ0n) is 9.48. The number of piperazine rings is 1. The van der Waals surface area contributed by atoms with Crippen LogP contribution >= 0.6 is 0 Å². The SMILES string of the molecule is CCC1C(=O)NCCN1c1nc(N)ncc1F. The third-order valence-corrected chi connectivity index (χ3v) is 2.73. The monoisotopic (exact) mass is 239 g/mol. The Morgan fingerprint density at radius 3 is 3.18 bits per heavy atom. The highest BCUT2D eigenvalue weighted by Gasteiger charge is 2.30. The van der Waals surface area contributed by atoms with E-state index in [2.05, 4.69) is 15.3 Å². The number of aromatic nitrogens is 2. The molecular weight excluding hydrogens is 225 g/mol. The molecule has 1 unspecified atom stereocenters. The number of nitrogens with zero attached hydrogens (tertiary/aromatic N) is 3. The van der Waals surface area contributed by atoms with Crippen LogP contribution in [0.5, 0.6) is 0 Å². The van der Waals surface area contributed by atoms with Gasteiger partial charge in [0.15, 0.2) is 11.6 Å². The van der Waals surface area contributed by atoms with Crippen molar-refractivity contribution in [1.29, 1.82) is 0 Å². The van der Waals surface area contributed by atoms with E-state index in [0.717, 1.165) is 6.20 Å². The van der Waals surface area contributed by atoms with Crippen molar-refractivity contribution in [3.05, 3.63) is 12.0 Å². The molecule has 1 aliphatic rings. The number of nitrogens with two attached hydrogens (primary N) is 1. The lowest BCUT2D eigenvalue weighted by Gasteiger charge is -2.35. The van der Waals surface area contributed by atoms with Crippen molar-refractivity contribution in [2.75, 3.05) is 23.7 Å². The molecule has 1 aromatic heterocycles. The first-order chi connectivity index (χ1) is 8.13. The number of hydrogen-bond donors (Lipinski definition) is 2. The van der Waals surface area contributed by atoms with E-state index in [1.807, 2.05) is 6.92 Å². The Labute approximate surface area is 98.0 Å². The molecule has 3 N–H and O–H groups in total. The third kappa shape index (κ3) is 2.13. The molecule has 1 amide bonds. The van der Waals surface area contributed by atoms with Crippen molar-refractivity contribution in [2.24, 2.45) is 0 Å². The van der Waals surface area contributed by atoms with Crippen molar-refractivity contribution < 1.29 is 9.18 Å². The smallest absolute Gasteiger partial charge is 0.242 e. The highest BCUT2D eigenvalue weighted by Crippen LogP contribution is 2.21. The molecule has 0 saturated carbocycles. The summed E-state index contributed by atoms with van der Waals surface area (Å²) in [5, 5.41) is 2.74. The van der Waals surface area contributed by atoms with E-state index in [1.54, 1.807) is 4.90 Å². The Bertz CT molecular complexity index is 439. The highest BCUT2D eigenvalue weighted by molar-refractivity contribution is 5.86. The summed E-state index contributed by atoms with van der Waals surface area (Å²) < 4.78 is 13.6.